The molecule has 2 rings (SSSR count). The molecule has 0 saturated heterocycles. The van der Waals surface area contributed by atoms with E-state index < -0.39 is 22.3 Å². The summed E-state index contributed by atoms with van der Waals surface area (Å²) in [6.45, 7) is 4.00. The molecule has 1 N–H and O–H groups in total. The molecule has 0 heterocycles. The Kier molecular flexibility index (Phi) is 4.89. The Balaban J connectivity index is 2.42. The van der Waals surface area contributed by atoms with Crippen molar-refractivity contribution in [3.63, 3.8) is 0 Å². The highest BCUT2D eigenvalue weighted by molar-refractivity contribution is 7.83. The predicted octanol–water partition coefficient (Wildman–Crippen LogP) is 2.22. The summed E-state index contributed by atoms with van der Waals surface area (Å²) in [6.07, 6.45) is 1.30. The standard InChI is InChI=1S/C15H21NO5S/c1-10(2)9-16(22(18,19)20)14-7-6-11-4-5-12(8-13(11)14)15(17)21-3/h4-5,8,10,14H,6-7,9H2,1-3H3,(H,18,19,20). The van der Waals surface area contributed by atoms with E-state index in [9.17, 15) is 17.8 Å². The average molecular weight is 327 g/mol. The molecule has 7 heteroatoms. The number of ether oxygens (including phenoxy) is 1. The van der Waals surface area contributed by atoms with Crippen LogP contribution in [-0.4, -0.2) is 36.9 Å². The first kappa shape index (κ1) is 16.9. The maximum Gasteiger partial charge on any atom is 0.337 e. The van der Waals surface area contributed by atoms with Gasteiger partial charge in [-0.15, -0.1) is 0 Å². The maximum absolute atomic E-state index is 11.7. The zero-order chi connectivity index (χ0) is 16.5. The normalized spacial score (nSPS) is 17.8. The Hall–Kier alpha value is -1.44. The number of hydrogen-bond acceptors (Lipinski definition) is 4. The number of rotatable bonds is 5. The second-order valence-electron chi connectivity index (χ2n) is 5.90. The number of benzene rings is 1. The summed E-state index contributed by atoms with van der Waals surface area (Å²) in [7, 11) is -3.01. The smallest absolute Gasteiger partial charge is 0.337 e. The summed E-state index contributed by atoms with van der Waals surface area (Å²) >= 11 is 0. The van der Waals surface area contributed by atoms with E-state index in [4.69, 9.17) is 4.74 Å². The molecular weight excluding hydrogens is 306 g/mol. The van der Waals surface area contributed by atoms with Crippen molar-refractivity contribution in [2.45, 2.75) is 32.7 Å². The summed E-state index contributed by atoms with van der Waals surface area (Å²) in [4.78, 5) is 11.7. The highest BCUT2D eigenvalue weighted by atomic mass is 32.2. The van der Waals surface area contributed by atoms with Crippen LogP contribution in [0.4, 0.5) is 0 Å². The van der Waals surface area contributed by atoms with Gasteiger partial charge in [0.15, 0.2) is 0 Å². The Bertz CT molecular complexity index is 669. The largest absolute Gasteiger partial charge is 0.465 e. The third-order valence-corrected chi connectivity index (χ3v) is 4.80. The lowest BCUT2D eigenvalue weighted by Crippen LogP contribution is -2.36. The van der Waals surface area contributed by atoms with Gasteiger partial charge < -0.3 is 4.74 Å². The van der Waals surface area contributed by atoms with Gasteiger partial charge in [0.2, 0.25) is 0 Å². The molecule has 1 atom stereocenters. The Morgan fingerprint density at radius 3 is 2.68 bits per heavy atom. The van der Waals surface area contributed by atoms with Gasteiger partial charge in [-0.2, -0.15) is 12.7 Å². The van der Waals surface area contributed by atoms with Crippen molar-refractivity contribution in [2.75, 3.05) is 13.7 Å². The molecule has 0 fully saturated rings. The van der Waals surface area contributed by atoms with Crippen LogP contribution in [0.15, 0.2) is 18.2 Å². The molecule has 0 radical (unpaired) electrons. The molecule has 0 saturated carbocycles. The minimum atomic E-state index is -4.31. The number of carbonyl (C=O) groups is 1. The fourth-order valence-corrected chi connectivity index (χ4v) is 3.89. The minimum Gasteiger partial charge on any atom is -0.465 e. The van der Waals surface area contributed by atoms with Gasteiger partial charge in [-0.25, -0.2) is 4.79 Å². The summed E-state index contributed by atoms with van der Waals surface area (Å²) in [6, 6.07) is 4.71. The van der Waals surface area contributed by atoms with Crippen LogP contribution in [0.2, 0.25) is 0 Å². The number of aryl methyl sites for hydroxylation is 1. The number of nitrogens with zero attached hydrogens (tertiary/aromatic N) is 1. The lowest BCUT2D eigenvalue weighted by Gasteiger charge is -2.27. The zero-order valence-electron chi connectivity index (χ0n) is 12.9. The molecule has 0 spiro atoms. The molecule has 0 bridgehead atoms. The van der Waals surface area contributed by atoms with Crippen molar-refractivity contribution in [1.82, 2.24) is 4.31 Å². The van der Waals surface area contributed by atoms with E-state index in [2.05, 4.69) is 0 Å². The van der Waals surface area contributed by atoms with E-state index in [0.717, 1.165) is 15.4 Å². The molecule has 6 nitrogen and oxygen atoms in total. The second-order valence-corrected chi connectivity index (χ2v) is 7.27. The van der Waals surface area contributed by atoms with Crippen molar-refractivity contribution in [2.24, 2.45) is 5.92 Å². The third kappa shape index (κ3) is 3.48. The molecule has 0 aromatic heterocycles. The molecule has 0 aliphatic heterocycles. The summed E-state index contributed by atoms with van der Waals surface area (Å²) < 4.78 is 38.8. The molecule has 22 heavy (non-hydrogen) atoms. The highest BCUT2D eigenvalue weighted by Gasteiger charge is 2.35. The third-order valence-electron chi connectivity index (χ3n) is 3.80. The molecule has 1 aromatic carbocycles. The number of methoxy groups -OCH3 is 1. The zero-order valence-corrected chi connectivity index (χ0v) is 13.8. The van der Waals surface area contributed by atoms with Crippen molar-refractivity contribution in [1.29, 1.82) is 0 Å². The number of esters is 1. The first-order chi connectivity index (χ1) is 10.2. The highest BCUT2D eigenvalue weighted by Crippen LogP contribution is 2.38. The van der Waals surface area contributed by atoms with Crippen molar-refractivity contribution < 1.29 is 22.5 Å². The van der Waals surface area contributed by atoms with Crippen LogP contribution in [0, 0.1) is 5.92 Å². The van der Waals surface area contributed by atoms with E-state index in [1.54, 1.807) is 12.1 Å². The lowest BCUT2D eigenvalue weighted by molar-refractivity contribution is 0.0600. The molecule has 1 aliphatic carbocycles. The quantitative estimate of drug-likeness (QED) is 0.662. The Labute approximate surface area is 131 Å². The van der Waals surface area contributed by atoms with E-state index in [1.165, 1.54) is 7.11 Å². The molecule has 0 amide bonds. The van der Waals surface area contributed by atoms with E-state index >= 15 is 0 Å². The molecular formula is C15H21NO5S. The number of carbonyl (C=O) groups excluding carboxylic acids is 1. The van der Waals surface area contributed by atoms with Gasteiger partial charge in [0, 0.05) is 6.54 Å². The van der Waals surface area contributed by atoms with Crippen molar-refractivity contribution in [3.05, 3.63) is 34.9 Å². The van der Waals surface area contributed by atoms with Crippen LogP contribution in [-0.2, 0) is 21.5 Å². The first-order valence-electron chi connectivity index (χ1n) is 7.19. The van der Waals surface area contributed by atoms with Crippen molar-refractivity contribution in [3.8, 4) is 0 Å². The van der Waals surface area contributed by atoms with Gasteiger partial charge in [0.05, 0.1) is 18.7 Å². The van der Waals surface area contributed by atoms with Crippen LogP contribution in [0.25, 0.3) is 0 Å². The van der Waals surface area contributed by atoms with E-state index in [0.29, 0.717) is 18.4 Å². The summed E-state index contributed by atoms with van der Waals surface area (Å²) in [5, 5.41) is 0. The molecule has 1 unspecified atom stereocenters. The SMILES string of the molecule is COC(=O)c1ccc2c(c1)C(N(CC(C)C)S(=O)(=O)O)CC2. The Morgan fingerprint density at radius 2 is 2.14 bits per heavy atom. The molecule has 1 aliphatic rings. The first-order valence-corrected chi connectivity index (χ1v) is 8.59. The topological polar surface area (TPSA) is 83.9 Å². The van der Waals surface area contributed by atoms with Gasteiger partial charge in [0.25, 0.3) is 0 Å². The fraction of sp³-hybridized carbons (Fsp3) is 0.533. The molecule has 1 aromatic rings. The fourth-order valence-electron chi connectivity index (χ4n) is 2.87. The lowest BCUT2D eigenvalue weighted by atomic mass is 10.0. The second kappa shape index (κ2) is 6.36. The maximum atomic E-state index is 11.7. The van der Waals surface area contributed by atoms with Gasteiger partial charge in [-0.05, 0) is 42.0 Å². The summed E-state index contributed by atoms with van der Waals surface area (Å²) in [5.41, 5.74) is 2.14. The Morgan fingerprint density at radius 1 is 1.45 bits per heavy atom. The van der Waals surface area contributed by atoms with Gasteiger partial charge in [-0.3, -0.25) is 4.55 Å². The van der Waals surface area contributed by atoms with Crippen molar-refractivity contribution >= 4 is 16.3 Å². The minimum absolute atomic E-state index is 0.0785. The van der Waals surface area contributed by atoms with E-state index in [-0.39, 0.29) is 12.5 Å². The van der Waals surface area contributed by atoms with Crippen LogP contribution in [0.3, 0.4) is 0 Å². The van der Waals surface area contributed by atoms with E-state index in [1.807, 2.05) is 19.9 Å². The van der Waals surface area contributed by atoms with Gasteiger partial charge in [-0.1, -0.05) is 19.9 Å². The van der Waals surface area contributed by atoms with Gasteiger partial charge >= 0.3 is 16.3 Å². The average Bonchev–Trinajstić information content (AvgIpc) is 2.85. The number of fused-ring (bicyclic) bond motifs is 1. The van der Waals surface area contributed by atoms with Crippen LogP contribution in [0.1, 0.15) is 47.8 Å². The van der Waals surface area contributed by atoms with Crippen LogP contribution < -0.4 is 0 Å². The summed E-state index contributed by atoms with van der Waals surface area (Å²) in [5.74, 6) is -0.384. The molecule has 122 valence electrons. The van der Waals surface area contributed by atoms with Crippen LogP contribution in [0.5, 0.6) is 0 Å². The van der Waals surface area contributed by atoms with Gasteiger partial charge in [0.1, 0.15) is 0 Å². The predicted molar refractivity (Wildman–Crippen MR) is 81.9 cm³/mol. The monoisotopic (exact) mass is 327 g/mol. The van der Waals surface area contributed by atoms with Crippen LogP contribution >= 0.6 is 0 Å². The number of hydrogen-bond donors (Lipinski definition) is 1.